The summed E-state index contributed by atoms with van der Waals surface area (Å²) < 4.78 is 15.0. The van der Waals surface area contributed by atoms with Crippen molar-refractivity contribution in [2.75, 3.05) is 13.1 Å². The molecule has 0 atom stereocenters. The van der Waals surface area contributed by atoms with Gasteiger partial charge in [-0.3, -0.25) is 9.69 Å². The summed E-state index contributed by atoms with van der Waals surface area (Å²) >= 11 is 0. The standard InChI is InChI=1S/C23H25FN4O/c24-21-7-3-19(4-8-21)15-27-12-9-22(10-13-27)26-23(29)20-5-1-18(2-6-20)16-28-14-11-25-17-28/h1-8,11,14,17,22H,9-10,12-13,15-16H2,(H,26,29). The molecule has 1 aliphatic heterocycles. The van der Waals surface area contributed by atoms with E-state index in [0.29, 0.717) is 5.56 Å². The van der Waals surface area contributed by atoms with Crippen LogP contribution >= 0.6 is 0 Å². The van der Waals surface area contributed by atoms with Crippen LogP contribution < -0.4 is 5.32 Å². The molecule has 0 saturated carbocycles. The van der Waals surface area contributed by atoms with E-state index in [4.69, 9.17) is 0 Å². The molecular weight excluding hydrogens is 367 g/mol. The number of amides is 1. The average Bonchev–Trinajstić information content (AvgIpc) is 3.25. The number of rotatable bonds is 6. The van der Waals surface area contributed by atoms with Crippen molar-refractivity contribution >= 4 is 5.91 Å². The van der Waals surface area contributed by atoms with Crippen LogP contribution in [0.15, 0.2) is 67.3 Å². The molecule has 0 radical (unpaired) electrons. The van der Waals surface area contributed by atoms with Gasteiger partial charge in [0.05, 0.1) is 6.33 Å². The predicted molar refractivity (Wildman–Crippen MR) is 110 cm³/mol. The van der Waals surface area contributed by atoms with E-state index >= 15 is 0 Å². The van der Waals surface area contributed by atoms with E-state index in [1.54, 1.807) is 12.5 Å². The van der Waals surface area contributed by atoms with Crippen molar-refractivity contribution in [3.63, 3.8) is 0 Å². The van der Waals surface area contributed by atoms with Crippen molar-refractivity contribution in [2.24, 2.45) is 0 Å². The van der Waals surface area contributed by atoms with Gasteiger partial charge in [0.1, 0.15) is 5.82 Å². The number of carbonyl (C=O) groups excluding carboxylic acids is 1. The van der Waals surface area contributed by atoms with Crippen molar-refractivity contribution < 1.29 is 9.18 Å². The number of carbonyl (C=O) groups is 1. The van der Waals surface area contributed by atoms with Gasteiger partial charge in [-0.25, -0.2) is 9.37 Å². The zero-order valence-corrected chi connectivity index (χ0v) is 16.3. The molecule has 1 fully saturated rings. The number of likely N-dealkylation sites (tertiary alicyclic amines) is 1. The second-order valence-corrected chi connectivity index (χ2v) is 7.58. The van der Waals surface area contributed by atoms with Gasteiger partial charge >= 0.3 is 0 Å². The molecule has 1 aromatic heterocycles. The monoisotopic (exact) mass is 392 g/mol. The molecule has 150 valence electrons. The van der Waals surface area contributed by atoms with Crippen LogP contribution in [0.4, 0.5) is 4.39 Å². The van der Waals surface area contributed by atoms with Crippen molar-refractivity contribution in [3.8, 4) is 0 Å². The fourth-order valence-electron chi connectivity index (χ4n) is 3.70. The molecule has 0 bridgehead atoms. The summed E-state index contributed by atoms with van der Waals surface area (Å²) in [4.78, 5) is 19.0. The van der Waals surface area contributed by atoms with Gasteiger partial charge in [-0.1, -0.05) is 24.3 Å². The number of benzene rings is 2. The van der Waals surface area contributed by atoms with E-state index in [1.165, 1.54) is 12.1 Å². The molecular formula is C23H25FN4O. The summed E-state index contributed by atoms with van der Waals surface area (Å²) in [6, 6.07) is 14.6. The quantitative estimate of drug-likeness (QED) is 0.699. The number of nitrogens with zero attached hydrogens (tertiary/aromatic N) is 3. The Morgan fingerprint density at radius 2 is 1.66 bits per heavy atom. The van der Waals surface area contributed by atoms with Crippen LogP contribution in [-0.2, 0) is 13.1 Å². The Labute approximate surface area is 170 Å². The topological polar surface area (TPSA) is 50.2 Å². The number of aromatic nitrogens is 2. The Hall–Kier alpha value is -2.99. The molecule has 1 N–H and O–H groups in total. The lowest BCUT2D eigenvalue weighted by atomic mass is 10.0. The lowest BCUT2D eigenvalue weighted by molar-refractivity contribution is 0.0909. The second kappa shape index (κ2) is 9.01. The number of halogens is 1. The molecule has 0 spiro atoms. The molecule has 1 saturated heterocycles. The predicted octanol–water partition coefficient (Wildman–Crippen LogP) is 3.46. The van der Waals surface area contributed by atoms with Gasteiger partial charge < -0.3 is 9.88 Å². The number of piperidine rings is 1. The van der Waals surface area contributed by atoms with Gasteiger partial charge in [0.15, 0.2) is 0 Å². The van der Waals surface area contributed by atoms with Gasteiger partial charge in [0, 0.05) is 50.2 Å². The van der Waals surface area contributed by atoms with Gasteiger partial charge in [-0.05, 0) is 48.2 Å². The highest BCUT2D eigenvalue weighted by molar-refractivity contribution is 5.94. The summed E-state index contributed by atoms with van der Waals surface area (Å²) in [5.74, 6) is -0.221. The van der Waals surface area contributed by atoms with Gasteiger partial charge in [0.25, 0.3) is 5.91 Å². The molecule has 1 aliphatic rings. The minimum absolute atomic E-state index is 0.0174. The first-order chi connectivity index (χ1) is 14.2. The Bertz CT molecular complexity index is 915. The lowest BCUT2D eigenvalue weighted by Crippen LogP contribution is -2.44. The molecule has 1 amide bonds. The molecule has 2 heterocycles. The molecule has 0 unspecified atom stereocenters. The molecule has 3 aromatic rings. The van der Waals surface area contributed by atoms with Crippen LogP contribution in [0.3, 0.4) is 0 Å². The van der Waals surface area contributed by atoms with Crippen LogP contribution in [0.2, 0.25) is 0 Å². The van der Waals surface area contributed by atoms with E-state index < -0.39 is 0 Å². The van der Waals surface area contributed by atoms with Crippen LogP contribution in [-0.4, -0.2) is 39.5 Å². The third kappa shape index (κ3) is 5.29. The number of nitrogens with one attached hydrogen (secondary N) is 1. The van der Waals surface area contributed by atoms with Crippen LogP contribution in [0, 0.1) is 5.82 Å². The Morgan fingerprint density at radius 1 is 1.00 bits per heavy atom. The highest BCUT2D eigenvalue weighted by Crippen LogP contribution is 2.15. The van der Waals surface area contributed by atoms with Gasteiger partial charge in [-0.15, -0.1) is 0 Å². The van der Waals surface area contributed by atoms with Gasteiger partial charge in [0.2, 0.25) is 0 Å². The summed E-state index contributed by atoms with van der Waals surface area (Å²) in [6.45, 7) is 3.41. The smallest absolute Gasteiger partial charge is 0.251 e. The minimum atomic E-state index is -0.204. The van der Waals surface area contributed by atoms with Crippen molar-refractivity contribution in [1.29, 1.82) is 0 Å². The van der Waals surface area contributed by atoms with E-state index in [2.05, 4.69) is 15.2 Å². The maximum Gasteiger partial charge on any atom is 0.251 e. The van der Waals surface area contributed by atoms with E-state index in [9.17, 15) is 9.18 Å². The Kier molecular flexibility index (Phi) is 6.00. The van der Waals surface area contributed by atoms with Gasteiger partial charge in [-0.2, -0.15) is 0 Å². The molecule has 6 heteroatoms. The summed E-state index contributed by atoms with van der Waals surface area (Å²) in [7, 11) is 0. The first-order valence-electron chi connectivity index (χ1n) is 9.98. The second-order valence-electron chi connectivity index (χ2n) is 7.58. The highest BCUT2D eigenvalue weighted by Gasteiger charge is 2.21. The third-order valence-corrected chi connectivity index (χ3v) is 5.38. The number of imidazole rings is 1. The molecule has 4 rings (SSSR count). The van der Waals surface area contributed by atoms with E-state index in [1.807, 2.05) is 47.2 Å². The Morgan fingerprint density at radius 3 is 2.31 bits per heavy atom. The largest absolute Gasteiger partial charge is 0.349 e. The summed E-state index contributed by atoms with van der Waals surface area (Å²) in [5, 5.41) is 3.16. The van der Waals surface area contributed by atoms with Crippen LogP contribution in [0.1, 0.15) is 34.3 Å². The Balaban J connectivity index is 1.24. The van der Waals surface area contributed by atoms with Crippen LogP contribution in [0.25, 0.3) is 0 Å². The minimum Gasteiger partial charge on any atom is -0.349 e. The molecule has 5 nitrogen and oxygen atoms in total. The van der Waals surface area contributed by atoms with Crippen molar-refractivity contribution in [3.05, 3.63) is 89.8 Å². The average molecular weight is 392 g/mol. The summed E-state index contributed by atoms with van der Waals surface area (Å²) in [6.07, 6.45) is 7.30. The molecule has 2 aromatic carbocycles. The summed E-state index contributed by atoms with van der Waals surface area (Å²) in [5.41, 5.74) is 2.94. The SMILES string of the molecule is O=C(NC1CCN(Cc2ccc(F)cc2)CC1)c1ccc(Cn2ccnc2)cc1. The van der Waals surface area contributed by atoms with E-state index in [0.717, 1.165) is 50.1 Å². The third-order valence-electron chi connectivity index (χ3n) is 5.38. The van der Waals surface area contributed by atoms with Crippen molar-refractivity contribution in [2.45, 2.75) is 32.0 Å². The normalized spacial score (nSPS) is 15.3. The van der Waals surface area contributed by atoms with Crippen LogP contribution in [0.5, 0.6) is 0 Å². The fraction of sp³-hybridized carbons (Fsp3) is 0.304. The molecule has 29 heavy (non-hydrogen) atoms. The first-order valence-corrected chi connectivity index (χ1v) is 9.98. The van der Waals surface area contributed by atoms with Crippen molar-refractivity contribution in [1.82, 2.24) is 19.8 Å². The highest BCUT2D eigenvalue weighted by atomic mass is 19.1. The van der Waals surface area contributed by atoms with E-state index in [-0.39, 0.29) is 17.8 Å². The molecule has 0 aliphatic carbocycles. The number of hydrogen-bond acceptors (Lipinski definition) is 3. The lowest BCUT2D eigenvalue weighted by Gasteiger charge is -2.32. The zero-order chi connectivity index (χ0) is 20.1. The first kappa shape index (κ1) is 19.3. The maximum atomic E-state index is 13.0. The fourth-order valence-corrected chi connectivity index (χ4v) is 3.70. The number of hydrogen-bond donors (Lipinski definition) is 1. The maximum absolute atomic E-state index is 13.0. The zero-order valence-electron chi connectivity index (χ0n) is 16.3.